The molecule has 0 unspecified atom stereocenters. The molecule has 1 aromatic rings. The first-order valence-electron chi connectivity index (χ1n) is 12.4. The summed E-state index contributed by atoms with van der Waals surface area (Å²) in [5, 5.41) is 17.2. The van der Waals surface area contributed by atoms with E-state index in [2.05, 4.69) is 15.2 Å². The molecule has 10 nitrogen and oxygen atoms in total. The third-order valence-corrected chi connectivity index (χ3v) is 6.36. The molecule has 16 heteroatoms. The molecule has 0 spiro atoms. The van der Waals surface area contributed by atoms with Crippen molar-refractivity contribution in [1.29, 1.82) is 0 Å². The topological polar surface area (TPSA) is 138 Å². The van der Waals surface area contributed by atoms with Crippen molar-refractivity contribution in [3.63, 3.8) is 0 Å². The molecule has 3 aliphatic heterocycles. The number of hydrogen-bond donors (Lipinski definition) is 3. The van der Waals surface area contributed by atoms with Gasteiger partial charge in [-0.05, 0) is 36.8 Å². The van der Waals surface area contributed by atoms with Crippen LogP contribution in [-0.2, 0) is 30.4 Å². The fourth-order valence-corrected chi connectivity index (χ4v) is 4.51. The summed E-state index contributed by atoms with van der Waals surface area (Å²) in [6, 6.07) is 3.85. The Labute approximate surface area is 225 Å². The van der Waals surface area contributed by atoms with E-state index in [9.17, 15) is 31.1 Å². The quantitative estimate of drug-likeness (QED) is 0.429. The molecule has 40 heavy (non-hydrogen) atoms. The molecule has 0 radical (unpaired) electrons. The van der Waals surface area contributed by atoms with Crippen LogP contribution in [0, 0.1) is 11.8 Å². The van der Waals surface area contributed by atoms with Gasteiger partial charge in [-0.2, -0.15) is 26.3 Å². The Bertz CT molecular complexity index is 921. The molecule has 4 rings (SSSR count). The molecule has 226 valence electrons. The number of nitrogens with one attached hydrogen (secondary N) is 1. The zero-order valence-corrected chi connectivity index (χ0v) is 21.3. The number of likely N-dealkylation sites (tertiary alicyclic amines) is 1. The van der Waals surface area contributed by atoms with Gasteiger partial charge >= 0.3 is 24.3 Å². The summed E-state index contributed by atoms with van der Waals surface area (Å²) in [6.07, 6.45) is -2.41. The average Bonchev–Trinajstić information content (AvgIpc) is 3.41. The number of aliphatic carboxylic acids is 2. The Hall–Kier alpha value is -2.98. The number of nitrogens with zero attached hydrogens (tertiary/aromatic N) is 2. The van der Waals surface area contributed by atoms with Gasteiger partial charge in [-0.1, -0.05) is 6.07 Å². The maximum atomic E-state index is 12.2. The predicted octanol–water partition coefficient (Wildman–Crippen LogP) is 2.87. The lowest BCUT2D eigenvalue weighted by molar-refractivity contribution is -0.193. The Kier molecular flexibility index (Phi) is 12.6. The lowest BCUT2D eigenvalue weighted by Crippen LogP contribution is -2.33. The molecule has 0 aromatic carbocycles. The number of rotatable bonds is 6. The molecular weight excluding hydrogens is 556 g/mol. The number of fused-ring (bicyclic) bond motifs is 1. The number of carbonyl (C=O) groups excluding carboxylic acids is 1. The van der Waals surface area contributed by atoms with E-state index in [1.165, 1.54) is 19.4 Å². The van der Waals surface area contributed by atoms with Gasteiger partial charge in [0.05, 0.1) is 18.6 Å². The van der Waals surface area contributed by atoms with Crippen molar-refractivity contribution in [2.75, 3.05) is 32.8 Å². The van der Waals surface area contributed by atoms with E-state index in [1.807, 2.05) is 12.1 Å². The second-order valence-corrected chi connectivity index (χ2v) is 9.51. The summed E-state index contributed by atoms with van der Waals surface area (Å²) in [7, 11) is 0. The summed E-state index contributed by atoms with van der Waals surface area (Å²) in [5.74, 6) is -4.08. The van der Waals surface area contributed by atoms with E-state index in [1.54, 1.807) is 12.4 Å². The van der Waals surface area contributed by atoms with E-state index in [4.69, 9.17) is 29.3 Å². The highest BCUT2D eigenvalue weighted by Gasteiger charge is 2.43. The van der Waals surface area contributed by atoms with Crippen molar-refractivity contribution in [3.05, 3.63) is 30.1 Å². The number of amides is 1. The number of halogens is 6. The first-order chi connectivity index (χ1) is 18.6. The van der Waals surface area contributed by atoms with Crippen molar-refractivity contribution >= 4 is 17.8 Å². The van der Waals surface area contributed by atoms with Gasteiger partial charge < -0.3 is 29.9 Å². The largest absolute Gasteiger partial charge is 0.490 e. The van der Waals surface area contributed by atoms with Gasteiger partial charge in [-0.3, -0.25) is 9.78 Å². The molecule has 3 saturated heterocycles. The third-order valence-electron chi connectivity index (χ3n) is 6.36. The first kappa shape index (κ1) is 33.2. The minimum Gasteiger partial charge on any atom is -0.475 e. The number of ether oxygens (including phenoxy) is 2. The summed E-state index contributed by atoms with van der Waals surface area (Å²) in [4.78, 5) is 36.6. The summed E-state index contributed by atoms with van der Waals surface area (Å²) >= 11 is 0. The Morgan fingerprint density at radius 1 is 1.02 bits per heavy atom. The minimum absolute atomic E-state index is 0.0675. The highest BCUT2D eigenvalue weighted by Crippen LogP contribution is 2.35. The highest BCUT2D eigenvalue weighted by molar-refractivity contribution is 5.76. The van der Waals surface area contributed by atoms with E-state index >= 15 is 0 Å². The van der Waals surface area contributed by atoms with Gasteiger partial charge in [0.15, 0.2) is 0 Å². The lowest BCUT2D eigenvalue weighted by atomic mass is 9.99. The van der Waals surface area contributed by atoms with E-state index < -0.39 is 24.3 Å². The van der Waals surface area contributed by atoms with Crippen molar-refractivity contribution in [2.45, 2.75) is 56.8 Å². The van der Waals surface area contributed by atoms with Gasteiger partial charge in [0.2, 0.25) is 5.91 Å². The van der Waals surface area contributed by atoms with Crippen LogP contribution in [0.1, 0.15) is 31.2 Å². The van der Waals surface area contributed by atoms with Crippen molar-refractivity contribution in [1.82, 2.24) is 15.2 Å². The number of aromatic nitrogens is 1. The van der Waals surface area contributed by atoms with Gasteiger partial charge in [0, 0.05) is 57.7 Å². The molecule has 4 heterocycles. The lowest BCUT2D eigenvalue weighted by Gasteiger charge is -2.27. The Morgan fingerprint density at radius 2 is 1.62 bits per heavy atom. The van der Waals surface area contributed by atoms with Crippen molar-refractivity contribution < 1.29 is 60.4 Å². The van der Waals surface area contributed by atoms with Crippen LogP contribution in [0.4, 0.5) is 26.3 Å². The molecule has 0 saturated carbocycles. The maximum Gasteiger partial charge on any atom is 0.490 e. The fourth-order valence-electron chi connectivity index (χ4n) is 4.51. The van der Waals surface area contributed by atoms with Crippen LogP contribution >= 0.6 is 0 Å². The van der Waals surface area contributed by atoms with Crippen LogP contribution in [0.15, 0.2) is 24.5 Å². The Balaban J connectivity index is 0.000000333. The zero-order chi connectivity index (χ0) is 29.9. The number of hydrogen-bond acceptors (Lipinski definition) is 7. The van der Waals surface area contributed by atoms with Crippen LogP contribution < -0.4 is 5.32 Å². The minimum atomic E-state index is -5.08. The molecular formula is C24H31F6N3O7. The first-order valence-corrected chi connectivity index (χ1v) is 12.4. The average molecular weight is 588 g/mol. The van der Waals surface area contributed by atoms with Crippen LogP contribution in [0.25, 0.3) is 0 Å². The molecule has 0 bridgehead atoms. The van der Waals surface area contributed by atoms with Gasteiger partial charge in [-0.25, -0.2) is 9.59 Å². The van der Waals surface area contributed by atoms with Crippen molar-refractivity contribution in [2.24, 2.45) is 11.8 Å². The number of carbonyl (C=O) groups is 3. The number of carboxylic acids is 2. The number of alkyl halides is 6. The second-order valence-electron chi connectivity index (χ2n) is 9.51. The standard InChI is InChI=1S/C20H29N3O3.2C2HF3O2/c24-20(22-11-16-2-1-5-21-10-16)9-18-8-17-13-23(14-19(17)26-18)12-15-3-6-25-7-4-15;2*3-2(4,5)1(6)7/h1-2,5,10,15,17-19H,3-4,6-9,11-14H2,(H,22,24);2*(H,6,7)/t17-,18-,19+;;/m0../s1. The smallest absolute Gasteiger partial charge is 0.475 e. The third kappa shape index (κ3) is 12.0. The maximum absolute atomic E-state index is 12.2. The predicted molar refractivity (Wildman–Crippen MR) is 125 cm³/mol. The van der Waals surface area contributed by atoms with Crippen LogP contribution in [0.3, 0.4) is 0 Å². The van der Waals surface area contributed by atoms with E-state index in [0.717, 1.165) is 44.2 Å². The molecule has 3 N–H and O–H groups in total. The van der Waals surface area contributed by atoms with Crippen LogP contribution in [0.5, 0.6) is 0 Å². The second kappa shape index (κ2) is 15.1. The zero-order valence-electron chi connectivity index (χ0n) is 21.3. The Morgan fingerprint density at radius 3 is 2.12 bits per heavy atom. The van der Waals surface area contributed by atoms with Crippen LogP contribution in [0.2, 0.25) is 0 Å². The molecule has 0 aliphatic carbocycles. The molecule has 3 fully saturated rings. The molecule has 3 atom stereocenters. The normalized spacial score (nSPS) is 23.2. The van der Waals surface area contributed by atoms with E-state index in [0.29, 0.717) is 25.0 Å². The summed E-state index contributed by atoms with van der Waals surface area (Å²) < 4.78 is 75.1. The number of carboxylic acid groups (broad SMARTS) is 2. The molecule has 1 aromatic heterocycles. The summed E-state index contributed by atoms with van der Waals surface area (Å²) in [5.41, 5.74) is 1.02. The molecule has 1 amide bonds. The molecule has 3 aliphatic rings. The van der Waals surface area contributed by atoms with Gasteiger partial charge in [0.25, 0.3) is 0 Å². The fraction of sp³-hybridized carbons (Fsp3) is 0.667. The highest BCUT2D eigenvalue weighted by atomic mass is 19.4. The van der Waals surface area contributed by atoms with Crippen molar-refractivity contribution in [3.8, 4) is 0 Å². The van der Waals surface area contributed by atoms with Gasteiger partial charge in [0.1, 0.15) is 0 Å². The summed E-state index contributed by atoms with van der Waals surface area (Å²) in [6.45, 7) is 5.68. The SMILES string of the molecule is O=C(C[C@@H]1C[C@H]2CN(CC3CCOCC3)C[C@H]2O1)NCc1cccnc1.O=C(O)C(F)(F)F.O=C(O)C(F)(F)F. The van der Waals surface area contributed by atoms with Crippen LogP contribution in [-0.4, -0.2) is 95.4 Å². The van der Waals surface area contributed by atoms with E-state index in [-0.39, 0.29) is 12.0 Å². The van der Waals surface area contributed by atoms with Gasteiger partial charge in [-0.15, -0.1) is 0 Å². The number of pyridine rings is 1. The monoisotopic (exact) mass is 587 g/mol.